The highest BCUT2D eigenvalue weighted by atomic mass is 16.1. The monoisotopic (exact) mass is 189 g/mol. The van der Waals surface area contributed by atoms with Crippen LogP contribution in [0.15, 0.2) is 24.3 Å². The number of fused-ring (bicyclic) bond motifs is 1. The summed E-state index contributed by atoms with van der Waals surface area (Å²) in [4.78, 5) is 11.4. The first-order chi connectivity index (χ1) is 6.68. The van der Waals surface area contributed by atoms with E-state index in [-0.39, 0.29) is 11.3 Å². The van der Waals surface area contributed by atoms with E-state index in [1.807, 2.05) is 19.1 Å². The molecule has 14 heavy (non-hydrogen) atoms. The Hall–Kier alpha value is -1.31. The average molecular weight is 189 g/mol. The molecule has 0 aliphatic heterocycles. The molecule has 2 heteroatoms. The molecule has 1 aliphatic carbocycles. The summed E-state index contributed by atoms with van der Waals surface area (Å²) < 4.78 is 0. The van der Waals surface area contributed by atoms with E-state index in [0.29, 0.717) is 0 Å². The summed E-state index contributed by atoms with van der Waals surface area (Å²) in [5.41, 5.74) is 7.74. The maximum absolute atomic E-state index is 11.4. The van der Waals surface area contributed by atoms with Gasteiger partial charge < -0.3 is 5.73 Å². The summed E-state index contributed by atoms with van der Waals surface area (Å²) in [5, 5.41) is 0. The van der Waals surface area contributed by atoms with Crippen LogP contribution in [0.5, 0.6) is 0 Å². The second kappa shape index (κ2) is 3.12. The van der Waals surface area contributed by atoms with E-state index in [9.17, 15) is 4.79 Å². The standard InChI is InChI=1S/C12H15NO/c1-2-12(11(13)14)7-9-5-3-4-6-10(9)8-12/h3-6H,2,7-8H2,1H3,(H2,13,14). The van der Waals surface area contributed by atoms with Gasteiger partial charge in [0.25, 0.3) is 0 Å². The lowest BCUT2D eigenvalue weighted by Crippen LogP contribution is -2.37. The Morgan fingerprint density at radius 3 is 2.21 bits per heavy atom. The smallest absolute Gasteiger partial charge is 0.224 e. The van der Waals surface area contributed by atoms with Crippen molar-refractivity contribution >= 4 is 5.91 Å². The highest BCUT2D eigenvalue weighted by Crippen LogP contribution is 2.39. The zero-order chi connectivity index (χ0) is 10.2. The van der Waals surface area contributed by atoms with Gasteiger partial charge in [0.15, 0.2) is 0 Å². The van der Waals surface area contributed by atoms with Crippen LogP contribution in [0, 0.1) is 5.41 Å². The quantitative estimate of drug-likeness (QED) is 0.755. The molecule has 0 unspecified atom stereocenters. The Kier molecular flexibility index (Phi) is 2.06. The third-order valence-electron chi connectivity index (χ3n) is 3.38. The van der Waals surface area contributed by atoms with Crippen molar-refractivity contribution in [3.63, 3.8) is 0 Å². The van der Waals surface area contributed by atoms with Crippen LogP contribution in [0.2, 0.25) is 0 Å². The van der Waals surface area contributed by atoms with Crippen molar-refractivity contribution in [1.82, 2.24) is 0 Å². The van der Waals surface area contributed by atoms with Gasteiger partial charge in [-0.3, -0.25) is 4.79 Å². The van der Waals surface area contributed by atoms with E-state index in [1.165, 1.54) is 11.1 Å². The van der Waals surface area contributed by atoms with Crippen molar-refractivity contribution in [2.75, 3.05) is 0 Å². The predicted octanol–water partition coefficient (Wildman–Crippen LogP) is 1.67. The van der Waals surface area contributed by atoms with E-state index in [4.69, 9.17) is 5.73 Å². The molecule has 0 saturated carbocycles. The number of nitrogens with two attached hydrogens (primary N) is 1. The molecule has 1 aromatic carbocycles. The van der Waals surface area contributed by atoms with Crippen LogP contribution in [-0.2, 0) is 17.6 Å². The molecular formula is C12H15NO. The second-order valence-corrected chi connectivity index (χ2v) is 4.12. The van der Waals surface area contributed by atoms with Gasteiger partial charge in [-0.25, -0.2) is 0 Å². The first-order valence-electron chi connectivity index (χ1n) is 5.05. The van der Waals surface area contributed by atoms with Crippen molar-refractivity contribution in [1.29, 1.82) is 0 Å². The molecule has 0 atom stereocenters. The van der Waals surface area contributed by atoms with Crippen LogP contribution in [0.1, 0.15) is 24.5 Å². The fourth-order valence-electron chi connectivity index (χ4n) is 2.29. The molecule has 0 spiro atoms. The first kappa shape index (κ1) is 9.25. The number of hydrogen-bond donors (Lipinski definition) is 1. The largest absolute Gasteiger partial charge is 0.369 e. The Morgan fingerprint density at radius 2 is 1.86 bits per heavy atom. The summed E-state index contributed by atoms with van der Waals surface area (Å²) >= 11 is 0. The molecule has 0 heterocycles. The van der Waals surface area contributed by atoms with Gasteiger partial charge in [0.2, 0.25) is 5.91 Å². The molecule has 0 fully saturated rings. The van der Waals surface area contributed by atoms with Crippen LogP contribution in [-0.4, -0.2) is 5.91 Å². The molecule has 0 saturated heterocycles. The van der Waals surface area contributed by atoms with Crippen LogP contribution in [0.25, 0.3) is 0 Å². The van der Waals surface area contributed by atoms with Crippen molar-refractivity contribution in [2.45, 2.75) is 26.2 Å². The van der Waals surface area contributed by atoms with Gasteiger partial charge in [-0.15, -0.1) is 0 Å². The Bertz CT molecular complexity index is 345. The van der Waals surface area contributed by atoms with E-state index in [0.717, 1.165) is 19.3 Å². The van der Waals surface area contributed by atoms with E-state index >= 15 is 0 Å². The molecule has 2 N–H and O–H groups in total. The molecule has 1 amide bonds. The summed E-state index contributed by atoms with van der Waals surface area (Å²) in [6.07, 6.45) is 2.46. The zero-order valence-electron chi connectivity index (χ0n) is 8.42. The number of amides is 1. The summed E-state index contributed by atoms with van der Waals surface area (Å²) in [6, 6.07) is 8.22. The van der Waals surface area contributed by atoms with Gasteiger partial charge in [0.1, 0.15) is 0 Å². The van der Waals surface area contributed by atoms with Crippen molar-refractivity contribution in [2.24, 2.45) is 11.1 Å². The number of carbonyl (C=O) groups is 1. The number of carbonyl (C=O) groups excluding carboxylic acids is 1. The first-order valence-corrected chi connectivity index (χ1v) is 5.05. The summed E-state index contributed by atoms with van der Waals surface area (Å²) in [6.45, 7) is 2.04. The minimum atomic E-state index is -0.316. The number of hydrogen-bond acceptors (Lipinski definition) is 1. The van der Waals surface area contributed by atoms with Crippen molar-refractivity contribution in [3.8, 4) is 0 Å². The predicted molar refractivity (Wildman–Crippen MR) is 55.8 cm³/mol. The Morgan fingerprint density at radius 1 is 1.36 bits per heavy atom. The number of benzene rings is 1. The maximum atomic E-state index is 11.4. The lowest BCUT2D eigenvalue weighted by Gasteiger charge is -2.22. The van der Waals surface area contributed by atoms with Gasteiger partial charge in [-0.1, -0.05) is 31.2 Å². The van der Waals surface area contributed by atoms with Crippen molar-refractivity contribution in [3.05, 3.63) is 35.4 Å². The van der Waals surface area contributed by atoms with E-state index < -0.39 is 0 Å². The maximum Gasteiger partial charge on any atom is 0.224 e. The molecule has 1 aromatic rings. The molecule has 0 bridgehead atoms. The molecule has 2 rings (SSSR count). The van der Waals surface area contributed by atoms with Crippen LogP contribution < -0.4 is 5.73 Å². The second-order valence-electron chi connectivity index (χ2n) is 4.12. The highest BCUT2D eigenvalue weighted by Gasteiger charge is 2.40. The van der Waals surface area contributed by atoms with E-state index in [1.54, 1.807) is 0 Å². The molecule has 2 nitrogen and oxygen atoms in total. The molecule has 0 aromatic heterocycles. The average Bonchev–Trinajstić information content (AvgIpc) is 2.57. The Balaban J connectivity index is 2.37. The number of primary amides is 1. The Labute approximate surface area is 84.1 Å². The SMILES string of the molecule is CCC1(C(N)=O)Cc2ccccc2C1. The van der Waals surface area contributed by atoms with Crippen LogP contribution in [0.4, 0.5) is 0 Å². The van der Waals surface area contributed by atoms with Gasteiger partial charge in [-0.05, 0) is 30.4 Å². The summed E-state index contributed by atoms with van der Waals surface area (Å²) in [7, 11) is 0. The molecule has 74 valence electrons. The van der Waals surface area contributed by atoms with Crippen LogP contribution in [0.3, 0.4) is 0 Å². The molecule has 0 radical (unpaired) electrons. The zero-order valence-corrected chi connectivity index (χ0v) is 8.42. The lowest BCUT2D eigenvalue weighted by atomic mass is 9.81. The highest BCUT2D eigenvalue weighted by molar-refractivity contribution is 5.82. The van der Waals surface area contributed by atoms with Gasteiger partial charge in [-0.2, -0.15) is 0 Å². The third-order valence-corrected chi connectivity index (χ3v) is 3.38. The summed E-state index contributed by atoms with van der Waals surface area (Å²) in [5.74, 6) is -0.156. The lowest BCUT2D eigenvalue weighted by molar-refractivity contribution is -0.127. The van der Waals surface area contributed by atoms with Gasteiger partial charge in [0, 0.05) is 0 Å². The van der Waals surface area contributed by atoms with E-state index in [2.05, 4.69) is 12.1 Å². The molecule has 1 aliphatic rings. The van der Waals surface area contributed by atoms with Gasteiger partial charge >= 0.3 is 0 Å². The van der Waals surface area contributed by atoms with Crippen LogP contribution >= 0.6 is 0 Å². The number of rotatable bonds is 2. The minimum Gasteiger partial charge on any atom is -0.369 e. The topological polar surface area (TPSA) is 43.1 Å². The fraction of sp³-hybridized carbons (Fsp3) is 0.417. The van der Waals surface area contributed by atoms with Crippen molar-refractivity contribution < 1.29 is 4.79 Å². The normalized spacial score (nSPS) is 17.8. The van der Waals surface area contributed by atoms with Gasteiger partial charge in [0.05, 0.1) is 5.41 Å². The fourth-order valence-corrected chi connectivity index (χ4v) is 2.29. The minimum absolute atomic E-state index is 0.156. The third kappa shape index (κ3) is 1.22. The molecular weight excluding hydrogens is 174 g/mol.